The molecule has 0 saturated heterocycles. The molecule has 0 aromatic rings. The predicted octanol–water partition coefficient (Wildman–Crippen LogP) is 3.35. The number of likely N-dealkylation sites (N-methyl/N-ethyl adjacent to an activating group) is 1. The van der Waals surface area contributed by atoms with E-state index in [1.165, 1.54) is 0 Å². The average Bonchev–Trinajstić information content (AvgIpc) is 2.45. The molecule has 0 aliphatic rings. The van der Waals surface area contributed by atoms with Crippen LogP contribution in [0, 0.1) is 5.41 Å². The fourth-order valence-corrected chi connectivity index (χ4v) is 1.83. The summed E-state index contributed by atoms with van der Waals surface area (Å²) in [5.74, 6) is -0.0992. The quantitative estimate of drug-likeness (QED) is 0.552. The van der Waals surface area contributed by atoms with Crippen molar-refractivity contribution >= 4 is 12.0 Å². The number of allylic oxidation sites excluding steroid dienone is 2. The largest absolute Gasteiger partial charge is 0.450 e. The van der Waals surface area contributed by atoms with Crippen LogP contribution < -0.4 is 5.32 Å². The van der Waals surface area contributed by atoms with Crippen molar-refractivity contribution in [3.8, 4) is 0 Å². The van der Waals surface area contributed by atoms with Gasteiger partial charge in [0.1, 0.15) is 6.04 Å². The van der Waals surface area contributed by atoms with Crippen LogP contribution in [0.2, 0.25) is 0 Å². The van der Waals surface area contributed by atoms with Gasteiger partial charge in [-0.1, -0.05) is 39.8 Å². The molecule has 0 aromatic heterocycles. The van der Waals surface area contributed by atoms with Crippen LogP contribution in [-0.4, -0.2) is 43.1 Å². The molecule has 0 bridgehead atoms. The SMILES string of the molecule is CCC=CCCCOC(=O)NC(C(=O)N(C)CC)C(C)(C)C. The molecule has 0 aliphatic heterocycles. The van der Waals surface area contributed by atoms with Crippen molar-refractivity contribution in [1.82, 2.24) is 10.2 Å². The highest BCUT2D eigenvalue weighted by Gasteiger charge is 2.34. The van der Waals surface area contributed by atoms with Crippen LogP contribution in [0.25, 0.3) is 0 Å². The summed E-state index contributed by atoms with van der Waals surface area (Å²) in [6.07, 6.45) is 6.33. The van der Waals surface area contributed by atoms with Crippen LogP contribution in [-0.2, 0) is 9.53 Å². The zero-order chi connectivity index (χ0) is 17.2. The monoisotopic (exact) mass is 312 g/mol. The maximum atomic E-state index is 12.4. The second-order valence-corrected chi connectivity index (χ2v) is 6.45. The molecule has 5 heteroatoms. The maximum Gasteiger partial charge on any atom is 0.407 e. The maximum absolute atomic E-state index is 12.4. The Morgan fingerprint density at radius 2 is 1.86 bits per heavy atom. The Morgan fingerprint density at radius 1 is 1.23 bits per heavy atom. The summed E-state index contributed by atoms with van der Waals surface area (Å²) in [6, 6.07) is -0.593. The van der Waals surface area contributed by atoms with E-state index in [1.54, 1.807) is 11.9 Å². The minimum absolute atomic E-state index is 0.0992. The van der Waals surface area contributed by atoms with E-state index in [0.29, 0.717) is 13.2 Å². The molecule has 0 heterocycles. The number of nitrogens with zero attached hydrogens (tertiary/aromatic N) is 1. The van der Waals surface area contributed by atoms with E-state index < -0.39 is 12.1 Å². The molecular weight excluding hydrogens is 280 g/mol. The Labute approximate surface area is 135 Å². The molecule has 1 atom stereocenters. The fraction of sp³-hybridized carbons (Fsp3) is 0.765. The molecule has 2 amide bonds. The predicted molar refractivity (Wildman–Crippen MR) is 89.7 cm³/mol. The van der Waals surface area contributed by atoms with E-state index in [-0.39, 0.29) is 11.3 Å². The first kappa shape index (κ1) is 20.5. The van der Waals surface area contributed by atoms with E-state index in [0.717, 1.165) is 19.3 Å². The number of carbonyl (C=O) groups excluding carboxylic acids is 2. The van der Waals surface area contributed by atoms with Gasteiger partial charge in [-0.25, -0.2) is 4.79 Å². The van der Waals surface area contributed by atoms with E-state index in [1.807, 2.05) is 27.7 Å². The number of ether oxygens (including phenoxy) is 1. The van der Waals surface area contributed by atoms with Gasteiger partial charge in [0.05, 0.1) is 6.61 Å². The number of amides is 2. The average molecular weight is 312 g/mol. The minimum Gasteiger partial charge on any atom is -0.450 e. The number of nitrogens with one attached hydrogen (secondary N) is 1. The van der Waals surface area contributed by atoms with Crippen molar-refractivity contribution in [3.63, 3.8) is 0 Å². The lowest BCUT2D eigenvalue weighted by Crippen LogP contribution is -2.54. The third-order valence-electron chi connectivity index (χ3n) is 3.38. The van der Waals surface area contributed by atoms with Crippen molar-refractivity contribution in [2.24, 2.45) is 5.41 Å². The van der Waals surface area contributed by atoms with Gasteiger partial charge in [-0.15, -0.1) is 0 Å². The van der Waals surface area contributed by atoms with Gasteiger partial charge < -0.3 is 15.0 Å². The Bertz CT molecular complexity index is 373. The number of alkyl carbamates (subject to hydrolysis) is 1. The standard InChI is InChI=1S/C17H32N2O3/c1-7-9-10-11-12-13-22-16(21)18-14(17(3,4)5)15(20)19(6)8-2/h9-10,14H,7-8,11-13H2,1-6H3,(H,18,21). The number of unbranched alkanes of at least 4 members (excludes halogenated alkanes) is 1. The van der Waals surface area contributed by atoms with E-state index in [4.69, 9.17) is 4.74 Å². The summed E-state index contributed by atoms with van der Waals surface area (Å²) >= 11 is 0. The Balaban J connectivity index is 4.40. The fourth-order valence-electron chi connectivity index (χ4n) is 1.83. The lowest BCUT2D eigenvalue weighted by atomic mass is 9.86. The van der Waals surface area contributed by atoms with Crippen molar-refractivity contribution in [3.05, 3.63) is 12.2 Å². The summed E-state index contributed by atoms with van der Waals surface area (Å²) in [7, 11) is 1.73. The molecular formula is C17H32N2O3. The number of rotatable bonds is 8. The molecule has 5 nitrogen and oxygen atoms in total. The highest BCUT2D eigenvalue weighted by Crippen LogP contribution is 2.21. The first-order chi connectivity index (χ1) is 10.2. The summed E-state index contributed by atoms with van der Waals surface area (Å²) in [5, 5.41) is 2.70. The second kappa shape index (κ2) is 10.2. The molecule has 0 saturated carbocycles. The van der Waals surface area contributed by atoms with Crippen molar-refractivity contribution in [1.29, 1.82) is 0 Å². The van der Waals surface area contributed by atoms with E-state index in [2.05, 4.69) is 24.4 Å². The Hall–Kier alpha value is -1.52. The first-order valence-corrected chi connectivity index (χ1v) is 8.07. The second-order valence-electron chi connectivity index (χ2n) is 6.45. The lowest BCUT2D eigenvalue weighted by molar-refractivity contribution is -0.134. The lowest BCUT2D eigenvalue weighted by Gasteiger charge is -2.32. The normalized spacial score (nSPS) is 13.0. The molecule has 1 N–H and O–H groups in total. The van der Waals surface area contributed by atoms with Crippen molar-refractivity contribution in [2.75, 3.05) is 20.2 Å². The highest BCUT2D eigenvalue weighted by molar-refractivity contribution is 5.86. The zero-order valence-corrected chi connectivity index (χ0v) is 14.9. The summed E-state index contributed by atoms with van der Waals surface area (Å²) in [6.45, 7) is 10.7. The smallest absolute Gasteiger partial charge is 0.407 e. The third kappa shape index (κ3) is 8.05. The molecule has 0 fully saturated rings. The van der Waals surface area contributed by atoms with Gasteiger partial charge in [-0.2, -0.15) is 0 Å². The van der Waals surface area contributed by atoms with Crippen molar-refractivity contribution in [2.45, 2.75) is 59.9 Å². The van der Waals surface area contributed by atoms with Crippen LogP contribution in [0.4, 0.5) is 4.79 Å². The third-order valence-corrected chi connectivity index (χ3v) is 3.38. The Kier molecular flexibility index (Phi) is 9.54. The highest BCUT2D eigenvalue weighted by atomic mass is 16.5. The summed E-state index contributed by atoms with van der Waals surface area (Å²) in [4.78, 5) is 25.8. The molecule has 1 unspecified atom stereocenters. The molecule has 22 heavy (non-hydrogen) atoms. The van der Waals surface area contributed by atoms with Crippen LogP contribution in [0.1, 0.15) is 53.9 Å². The molecule has 0 aromatic carbocycles. The van der Waals surface area contributed by atoms with Crippen LogP contribution in [0.15, 0.2) is 12.2 Å². The molecule has 0 spiro atoms. The van der Waals surface area contributed by atoms with Gasteiger partial charge in [0.15, 0.2) is 0 Å². The van der Waals surface area contributed by atoms with Gasteiger partial charge in [0.2, 0.25) is 5.91 Å². The molecule has 0 radical (unpaired) electrons. The van der Waals surface area contributed by atoms with Crippen LogP contribution in [0.3, 0.4) is 0 Å². The number of carbonyl (C=O) groups is 2. The zero-order valence-electron chi connectivity index (χ0n) is 14.9. The first-order valence-electron chi connectivity index (χ1n) is 8.07. The van der Waals surface area contributed by atoms with Gasteiger partial charge in [0.25, 0.3) is 0 Å². The summed E-state index contributed by atoms with van der Waals surface area (Å²) < 4.78 is 5.16. The number of hydrogen-bond acceptors (Lipinski definition) is 3. The van der Waals surface area contributed by atoms with Gasteiger partial charge >= 0.3 is 6.09 Å². The van der Waals surface area contributed by atoms with Gasteiger partial charge in [-0.3, -0.25) is 4.79 Å². The number of hydrogen-bond donors (Lipinski definition) is 1. The molecule has 0 aliphatic carbocycles. The molecule has 128 valence electrons. The molecule has 0 rings (SSSR count). The van der Waals surface area contributed by atoms with Gasteiger partial charge in [0, 0.05) is 13.6 Å². The topological polar surface area (TPSA) is 58.6 Å². The Morgan fingerprint density at radius 3 is 2.36 bits per heavy atom. The van der Waals surface area contributed by atoms with Crippen molar-refractivity contribution < 1.29 is 14.3 Å². The minimum atomic E-state index is -0.593. The van der Waals surface area contributed by atoms with Gasteiger partial charge in [-0.05, 0) is 31.6 Å². The summed E-state index contributed by atoms with van der Waals surface area (Å²) in [5.41, 5.74) is -0.372. The van der Waals surface area contributed by atoms with Crippen LogP contribution >= 0.6 is 0 Å². The van der Waals surface area contributed by atoms with E-state index >= 15 is 0 Å². The van der Waals surface area contributed by atoms with E-state index in [9.17, 15) is 9.59 Å². The van der Waals surface area contributed by atoms with Crippen LogP contribution in [0.5, 0.6) is 0 Å².